The number of rotatable bonds is 7. The Hall–Kier alpha value is -3.19. The molecule has 1 aliphatic heterocycles. The summed E-state index contributed by atoms with van der Waals surface area (Å²) >= 11 is 0. The van der Waals surface area contributed by atoms with Crippen molar-refractivity contribution in [2.45, 2.75) is 44.6 Å². The molecule has 0 unspecified atom stereocenters. The molecule has 0 N–H and O–H groups in total. The lowest BCUT2D eigenvalue weighted by Gasteiger charge is -2.34. The van der Waals surface area contributed by atoms with Crippen LogP contribution in [0, 0.1) is 0 Å². The Labute approximate surface area is 190 Å². The van der Waals surface area contributed by atoms with Crippen LogP contribution in [0.3, 0.4) is 0 Å². The van der Waals surface area contributed by atoms with Crippen molar-refractivity contribution in [2.75, 3.05) is 31.1 Å². The number of carbonyl (C=O) groups is 1. The van der Waals surface area contributed by atoms with Gasteiger partial charge in [-0.1, -0.05) is 6.42 Å². The van der Waals surface area contributed by atoms with Crippen LogP contribution in [0.15, 0.2) is 29.3 Å². The molecule has 186 valence electrons. The molecule has 1 aliphatic rings. The monoisotopic (exact) mass is 492 g/mol. The van der Waals surface area contributed by atoms with Gasteiger partial charge in [0.05, 0.1) is 11.3 Å². The summed E-state index contributed by atoms with van der Waals surface area (Å²) in [5.74, 6) is 0.0993. The molecule has 8 nitrogen and oxygen atoms in total. The number of unbranched alkanes of at least 4 members (excludes halogenated alkanes) is 2. The number of halogens is 6. The van der Waals surface area contributed by atoms with Crippen LogP contribution in [0.1, 0.15) is 36.9 Å². The quantitative estimate of drug-likeness (QED) is 0.437. The molecule has 1 fully saturated rings. The third-order valence-electron chi connectivity index (χ3n) is 5.30. The molecule has 2 aromatic heterocycles. The Bertz CT molecular complexity index is 1030. The molecular formula is C20H22F6N6O2. The van der Waals surface area contributed by atoms with E-state index in [1.54, 1.807) is 9.80 Å². The Morgan fingerprint density at radius 1 is 0.912 bits per heavy atom. The van der Waals surface area contributed by atoms with Gasteiger partial charge in [0.25, 0.3) is 5.56 Å². The first kappa shape index (κ1) is 25.4. The number of hydrogen-bond acceptors (Lipinski definition) is 6. The smallest absolute Gasteiger partial charge is 0.339 e. The summed E-state index contributed by atoms with van der Waals surface area (Å²) in [6.45, 7) is 1.54. The fourth-order valence-corrected chi connectivity index (χ4v) is 3.47. The molecule has 0 bridgehead atoms. The van der Waals surface area contributed by atoms with Crippen LogP contribution in [0.25, 0.3) is 0 Å². The van der Waals surface area contributed by atoms with E-state index in [0.717, 1.165) is 18.5 Å². The van der Waals surface area contributed by atoms with Gasteiger partial charge in [-0.25, -0.2) is 9.97 Å². The highest BCUT2D eigenvalue weighted by Gasteiger charge is 2.34. The third-order valence-corrected chi connectivity index (χ3v) is 5.30. The van der Waals surface area contributed by atoms with Gasteiger partial charge in [0, 0.05) is 51.1 Å². The fraction of sp³-hybridized carbons (Fsp3) is 0.550. The van der Waals surface area contributed by atoms with E-state index >= 15 is 0 Å². The maximum absolute atomic E-state index is 12.7. The molecule has 2 aromatic rings. The second-order valence-electron chi connectivity index (χ2n) is 7.74. The van der Waals surface area contributed by atoms with Crippen molar-refractivity contribution < 1.29 is 31.1 Å². The Balaban J connectivity index is 1.38. The molecule has 0 aromatic carbocycles. The molecule has 0 atom stereocenters. The van der Waals surface area contributed by atoms with Crippen molar-refractivity contribution in [1.82, 2.24) is 24.6 Å². The normalized spacial score (nSPS) is 15.0. The molecule has 0 saturated carbocycles. The van der Waals surface area contributed by atoms with Crippen LogP contribution in [0.5, 0.6) is 0 Å². The molecule has 14 heteroatoms. The summed E-state index contributed by atoms with van der Waals surface area (Å²) in [6.07, 6.45) is -5.76. The highest BCUT2D eigenvalue weighted by molar-refractivity contribution is 5.76. The van der Waals surface area contributed by atoms with Gasteiger partial charge in [0.2, 0.25) is 11.9 Å². The molecule has 1 saturated heterocycles. The van der Waals surface area contributed by atoms with E-state index in [0.29, 0.717) is 45.4 Å². The second-order valence-corrected chi connectivity index (χ2v) is 7.74. The number of aromatic nitrogens is 4. The average molecular weight is 492 g/mol. The third kappa shape index (κ3) is 6.67. The number of hydrogen-bond donors (Lipinski definition) is 0. The van der Waals surface area contributed by atoms with Crippen molar-refractivity contribution in [1.29, 1.82) is 0 Å². The minimum absolute atomic E-state index is 0.0725. The minimum atomic E-state index is -4.87. The largest absolute Gasteiger partial charge is 0.507 e. The minimum Gasteiger partial charge on any atom is -0.339 e. The lowest BCUT2D eigenvalue weighted by atomic mass is 10.1. The molecular weight excluding hydrogens is 470 g/mol. The molecule has 1 amide bonds. The zero-order valence-corrected chi connectivity index (χ0v) is 17.9. The van der Waals surface area contributed by atoms with Crippen LogP contribution in [0.4, 0.5) is 32.3 Å². The first-order valence-corrected chi connectivity index (χ1v) is 10.5. The summed E-state index contributed by atoms with van der Waals surface area (Å²) in [6, 6.07) is 2.09. The summed E-state index contributed by atoms with van der Waals surface area (Å²) in [4.78, 5) is 34.5. The highest BCUT2D eigenvalue weighted by Crippen LogP contribution is 2.28. The van der Waals surface area contributed by atoms with Crippen LogP contribution in [-0.2, 0) is 23.7 Å². The number of carbonyl (C=O) groups excluding carboxylic acids is 1. The molecule has 3 heterocycles. The van der Waals surface area contributed by atoms with Crippen LogP contribution in [-0.4, -0.2) is 56.7 Å². The summed E-state index contributed by atoms with van der Waals surface area (Å²) < 4.78 is 75.5. The predicted octanol–water partition coefficient (Wildman–Crippen LogP) is 2.98. The molecule has 0 spiro atoms. The van der Waals surface area contributed by atoms with Crippen LogP contribution in [0.2, 0.25) is 0 Å². The van der Waals surface area contributed by atoms with Gasteiger partial charge in [-0.15, -0.1) is 17.9 Å². The summed E-state index contributed by atoms with van der Waals surface area (Å²) in [5, 5.41) is 3.33. The van der Waals surface area contributed by atoms with Gasteiger partial charge in [-0.05, 0) is 25.3 Å². The van der Waals surface area contributed by atoms with Crippen molar-refractivity contribution in [3.8, 4) is 0 Å². The summed E-state index contributed by atoms with van der Waals surface area (Å²) in [7, 11) is 0. The maximum Gasteiger partial charge on any atom is 0.507 e. The number of piperazine rings is 1. The lowest BCUT2D eigenvalue weighted by molar-refractivity contribution is -0.215. The van der Waals surface area contributed by atoms with Crippen molar-refractivity contribution in [2.24, 2.45) is 0 Å². The van der Waals surface area contributed by atoms with Crippen LogP contribution >= 0.6 is 0 Å². The van der Waals surface area contributed by atoms with E-state index in [-0.39, 0.29) is 30.4 Å². The van der Waals surface area contributed by atoms with E-state index in [2.05, 4.69) is 15.1 Å². The Morgan fingerprint density at radius 2 is 1.56 bits per heavy atom. The average Bonchev–Trinajstić information content (AvgIpc) is 2.78. The van der Waals surface area contributed by atoms with Gasteiger partial charge in [-0.2, -0.15) is 18.3 Å². The standard InChI is InChI=1S/C20H22F6N6O2/c21-19(22,23)14-12-27-18(28-13-14)31-10-8-30(9-11-31)16(33)5-3-1-2-4-15-6-7-17(34)32(29-15)20(24,25)26/h6-7,12-13H,1-5,8-11H2. The predicted molar refractivity (Wildman–Crippen MR) is 108 cm³/mol. The number of amides is 1. The summed E-state index contributed by atoms with van der Waals surface area (Å²) in [5.41, 5.74) is -2.03. The molecule has 0 aliphatic carbocycles. The van der Waals surface area contributed by atoms with E-state index < -0.39 is 28.3 Å². The van der Waals surface area contributed by atoms with Gasteiger partial charge >= 0.3 is 12.5 Å². The zero-order valence-electron chi connectivity index (χ0n) is 17.9. The van der Waals surface area contributed by atoms with E-state index in [9.17, 15) is 35.9 Å². The number of aryl methyl sites for hydroxylation is 1. The fourth-order valence-electron chi connectivity index (χ4n) is 3.47. The van der Waals surface area contributed by atoms with Crippen LogP contribution < -0.4 is 10.5 Å². The molecule has 34 heavy (non-hydrogen) atoms. The topological polar surface area (TPSA) is 84.2 Å². The zero-order chi connectivity index (χ0) is 24.9. The second kappa shape index (κ2) is 10.4. The number of alkyl halides is 6. The number of nitrogens with zero attached hydrogens (tertiary/aromatic N) is 6. The number of anilines is 1. The highest BCUT2D eigenvalue weighted by atomic mass is 19.4. The lowest BCUT2D eigenvalue weighted by Crippen LogP contribution is -2.49. The molecule has 0 radical (unpaired) electrons. The van der Waals surface area contributed by atoms with Crippen molar-refractivity contribution >= 4 is 11.9 Å². The van der Waals surface area contributed by atoms with E-state index in [4.69, 9.17) is 0 Å². The Morgan fingerprint density at radius 3 is 2.15 bits per heavy atom. The SMILES string of the molecule is O=C(CCCCCc1ccc(=O)n(C(F)(F)F)n1)N1CCN(c2ncc(C(F)(F)F)cn2)CC1. The van der Waals surface area contributed by atoms with Gasteiger partial charge in [0.1, 0.15) is 0 Å². The van der Waals surface area contributed by atoms with Crippen molar-refractivity contribution in [3.05, 3.63) is 46.1 Å². The van der Waals surface area contributed by atoms with Gasteiger partial charge < -0.3 is 9.80 Å². The van der Waals surface area contributed by atoms with E-state index in [1.165, 1.54) is 6.07 Å². The van der Waals surface area contributed by atoms with Crippen molar-refractivity contribution in [3.63, 3.8) is 0 Å². The first-order chi connectivity index (χ1) is 15.9. The maximum atomic E-state index is 12.7. The molecule has 3 rings (SSSR count). The van der Waals surface area contributed by atoms with Gasteiger partial charge in [0.15, 0.2) is 0 Å². The first-order valence-electron chi connectivity index (χ1n) is 10.5. The van der Waals surface area contributed by atoms with Gasteiger partial charge in [-0.3, -0.25) is 9.59 Å². The van der Waals surface area contributed by atoms with E-state index in [1.807, 2.05) is 0 Å². The Kier molecular flexibility index (Phi) is 7.77.